The summed E-state index contributed by atoms with van der Waals surface area (Å²) >= 11 is 0. The van der Waals surface area contributed by atoms with Crippen molar-refractivity contribution >= 4 is 29.2 Å². The fourth-order valence-corrected chi connectivity index (χ4v) is 4.07. The van der Waals surface area contributed by atoms with Crippen LogP contribution in [-0.2, 0) is 27.4 Å². The summed E-state index contributed by atoms with van der Waals surface area (Å²) in [7, 11) is 0. The number of allylic oxidation sites excluding steroid dienone is 1. The molecule has 12 heteroatoms. The topological polar surface area (TPSA) is 105 Å². The van der Waals surface area contributed by atoms with E-state index in [4.69, 9.17) is 9.47 Å². The summed E-state index contributed by atoms with van der Waals surface area (Å²) in [4.78, 5) is 35.8. The maximum absolute atomic E-state index is 16.1. The second-order valence-corrected chi connectivity index (χ2v) is 9.93. The van der Waals surface area contributed by atoms with Gasteiger partial charge >= 0.3 is 24.1 Å². The Morgan fingerprint density at radius 3 is 2.33 bits per heavy atom. The van der Waals surface area contributed by atoms with Gasteiger partial charge in [-0.25, -0.2) is 9.18 Å². The van der Waals surface area contributed by atoms with Gasteiger partial charge < -0.3 is 19.9 Å². The molecule has 1 aliphatic rings. The zero-order valence-corrected chi connectivity index (χ0v) is 21.7. The van der Waals surface area contributed by atoms with E-state index in [2.05, 4.69) is 5.32 Å². The third-order valence-electron chi connectivity index (χ3n) is 5.60. The first-order valence-corrected chi connectivity index (χ1v) is 11.9. The van der Waals surface area contributed by atoms with Crippen LogP contribution in [0.3, 0.4) is 0 Å². The Morgan fingerprint density at radius 2 is 1.77 bits per heavy atom. The van der Waals surface area contributed by atoms with Crippen LogP contribution in [0.2, 0.25) is 0 Å². The van der Waals surface area contributed by atoms with E-state index >= 15 is 4.39 Å². The summed E-state index contributed by atoms with van der Waals surface area (Å²) < 4.78 is 67.5. The number of aliphatic carboxylic acids is 1. The summed E-state index contributed by atoms with van der Waals surface area (Å²) in [6.45, 7) is 4.91. The average molecular weight is 553 g/mol. The molecule has 2 aromatic rings. The van der Waals surface area contributed by atoms with Crippen LogP contribution in [-0.4, -0.2) is 47.4 Å². The summed E-state index contributed by atoms with van der Waals surface area (Å²) in [5.41, 5.74) is -0.546. The third-order valence-corrected chi connectivity index (χ3v) is 5.60. The first-order valence-electron chi connectivity index (χ1n) is 11.9. The highest BCUT2D eigenvalue weighted by Gasteiger charge is 2.46. The smallest absolute Gasteiger partial charge is 0.471 e. The molecular formula is C27H28F4N2O6. The zero-order chi connectivity index (χ0) is 29.1. The van der Waals surface area contributed by atoms with Crippen LogP contribution in [0, 0.1) is 5.82 Å². The molecule has 0 aromatic heterocycles. The van der Waals surface area contributed by atoms with Gasteiger partial charge in [0, 0.05) is 5.56 Å². The lowest BCUT2D eigenvalue weighted by molar-refractivity contribution is -0.171. The number of carbonyl (C=O) groups excluding carboxylic acids is 2. The monoisotopic (exact) mass is 552 g/mol. The number of alkyl halides is 3. The molecule has 0 fully saturated rings. The number of carbonyl (C=O) groups is 3. The molecule has 1 aliphatic carbocycles. The number of rotatable bonds is 7. The third kappa shape index (κ3) is 7.49. The molecule has 0 saturated heterocycles. The van der Waals surface area contributed by atoms with E-state index < -0.39 is 59.6 Å². The number of nitrogens with zero attached hydrogens (tertiary/aromatic N) is 1. The fraction of sp³-hybridized carbons (Fsp3) is 0.370. The van der Waals surface area contributed by atoms with Gasteiger partial charge in [-0.15, -0.1) is 0 Å². The Bertz CT molecular complexity index is 1290. The van der Waals surface area contributed by atoms with Crippen LogP contribution < -0.4 is 15.0 Å². The number of alkyl carbamates (subject to hydrolysis) is 1. The fourth-order valence-electron chi connectivity index (χ4n) is 4.07. The molecule has 0 spiro atoms. The number of anilines is 1. The highest BCUT2D eigenvalue weighted by Crippen LogP contribution is 2.42. The second-order valence-electron chi connectivity index (χ2n) is 9.93. The number of ether oxygens (including phenoxy) is 2. The minimum atomic E-state index is -5.49. The van der Waals surface area contributed by atoms with Crippen LogP contribution >= 0.6 is 0 Å². The van der Waals surface area contributed by atoms with Crippen molar-refractivity contribution in [3.8, 4) is 5.75 Å². The Kier molecular flexibility index (Phi) is 8.57. The summed E-state index contributed by atoms with van der Waals surface area (Å²) in [5, 5.41) is 11.8. The van der Waals surface area contributed by atoms with Crippen molar-refractivity contribution in [1.82, 2.24) is 5.32 Å². The molecule has 2 aromatic carbocycles. The van der Waals surface area contributed by atoms with Crippen LogP contribution in [0.25, 0.3) is 5.57 Å². The highest BCUT2D eigenvalue weighted by molar-refractivity contribution is 6.02. The van der Waals surface area contributed by atoms with Gasteiger partial charge in [-0.3, -0.25) is 14.5 Å². The molecular weight excluding hydrogens is 524 g/mol. The maximum Gasteiger partial charge on any atom is 0.471 e. The van der Waals surface area contributed by atoms with Crippen molar-refractivity contribution in [2.24, 2.45) is 0 Å². The number of carboxylic acids is 1. The van der Waals surface area contributed by atoms with E-state index in [1.165, 1.54) is 6.07 Å². The van der Waals surface area contributed by atoms with Gasteiger partial charge in [0.05, 0.1) is 6.04 Å². The summed E-state index contributed by atoms with van der Waals surface area (Å²) in [6, 6.07) is 8.94. The van der Waals surface area contributed by atoms with Crippen molar-refractivity contribution in [3.63, 3.8) is 0 Å². The number of carboxylic acid groups (broad SMARTS) is 1. The predicted octanol–water partition coefficient (Wildman–Crippen LogP) is 5.24. The molecule has 8 nitrogen and oxygen atoms in total. The molecule has 0 saturated carbocycles. The van der Waals surface area contributed by atoms with Gasteiger partial charge in [-0.05, 0) is 56.9 Å². The molecule has 210 valence electrons. The van der Waals surface area contributed by atoms with Crippen molar-refractivity contribution in [2.45, 2.75) is 58.5 Å². The summed E-state index contributed by atoms with van der Waals surface area (Å²) in [6.07, 6.45) is -4.86. The quantitative estimate of drug-likeness (QED) is 0.456. The van der Waals surface area contributed by atoms with Gasteiger partial charge in [-0.1, -0.05) is 36.4 Å². The molecule has 3 rings (SSSR count). The van der Waals surface area contributed by atoms with Gasteiger partial charge in [0.2, 0.25) is 0 Å². The van der Waals surface area contributed by atoms with Crippen molar-refractivity contribution in [2.75, 3.05) is 11.4 Å². The number of nitrogens with one attached hydrogen (secondary N) is 1. The van der Waals surface area contributed by atoms with Gasteiger partial charge in [0.25, 0.3) is 0 Å². The average Bonchev–Trinajstić information content (AvgIpc) is 2.80. The molecule has 0 aliphatic heterocycles. The van der Waals surface area contributed by atoms with Crippen LogP contribution in [0.4, 0.5) is 28.0 Å². The Labute approximate surface area is 222 Å². The van der Waals surface area contributed by atoms with Crippen molar-refractivity contribution in [1.29, 1.82) is 0 Å². The standard InChI is InChI=1S/C27H28F4N2O6/c1-15-10-17(32-25(37)39-26(2,3)4)11-19-18(15)12-20(38-14-16-8-6-5-7-9-16)23(22(19)28)33(13-21(34)35)24(36)27(29,30)31/h5-10,12,17H,11,13-14H2,1-4H3,(H,32,37)(H,34,35)/t17-/m1/s1. The van der Waals surface area contributed by atoms with E-state index in [0.29, 0.717) is 11.1 Å². The number of halogens is 4. The van der Waals surface area contributed by atoms with Gasteiger partial charge in [-0.2, -0.15) is 13.2 Å². The van der Waals surface area contributed by atoms with E-state index in [0.717, 1.165) is 0 Å². The lowest BCUT2D eigenvalue weighted by Crippen LogP contribution is -2.45. The second kappa shape index (κ2) is 11.3. The zero-order valence-electron chi connectivity index (χ0n) is 21.7. The molecule has 0 unspecified atom stereocenters. The number of benzene rings is 2. The van der Waals surface area contributed by atoms with E-state index in [1.807, 2.05) is 0 Å². The molecule has 2 amide bonds. The van der Waals surface area contributed by atoms with Crippen LogP contribution in [0.1, 0.15) is 44.4 Å². The number of fused-ring (bicyclic) bond motifs is 1. The van der Waals surface area contributed by atoms with Crippen molar-refractivity contribution in [3.05, 3.63) is 65.0 Å². The minimum absolute atomic E-state index is 0.122. The Morgan fingerprint density at radius 1 is 1.13 bits per heavy atom. The highest BCUT2D eigenvalue weighted by atomic mass is 19.4. The van der Waals surface area contributed by atoms with E-state index in [-0.39, 0.29) is 29.1 Å². The summed E-state index contributed by atoms with van der Waals surface area (Å²) in [5.74, 6) is -6.07. The van der Waals surface area contributed by atoms with Crippen molar-refractivity contribution < 1.29 is 46.5 Å². The van der Waals surface area contributed by atoms with Gasteiger partial charge in [0.15, 0.2) is 5.82 Å². The minimum Gasteiger partial charge on any atom is -0.487 e. The number of hydrogen-bond acceptors (Lipinski definition) is 5. The van der Waals surface area contributed by atoms with Crippen LogP contribution in [0.5, 0.6) is 5.75 Å². The lowest BCUT2D eigenvalue weighted by Gasteiger charge is -2.30. The molecule has 39 heavy (non-hydrogen) atoms. The van der Waals surface area contributed by atoms with Crippen LogP contribution in [0.15, 0.2) is 42.5 Å². The molecule has 2 N–H and O–H groups in total. The largest absolute Gasteiger partial charge is 0.487 e. The molecule has 0 radical (unpaired) electrons. The maximum atomic E-state index is 16.1. The molecule has 1 atom stereocenters. The first kappa shape index (κ1) is 29.5. The van der Waals surface area contributed by atoms with Gasteiger partial charge in [0.1, 0.15) is 30.2 Å². The SMILES string of the molecule is CC1=C[C@@H](NC(=O)OC(C)(C)C)Cc2c1cc(OCc1ccccc1)c(N(CC(=O)O)C(=O)C(F)(F)F)c2F. The predicted molar refractivity (Wildman–Crippen MR) is 134 cm³/mol. The number of hydrogen-bond donors (Lipinski definition) is 2. The molecule has 0 heterocycles. The Balaban J connectivity index is 2.11. The Hall–Kier alpha value is -4.09. The van der Waals surface area contributed by atoms with E-state index in [9.17, 15) is 32.7 Å². The first-order chi connectivity index (χ1) is 18.1. The number of amides is 2. The lowest BCUT2D eigenvalue weighted by atomic mass is 9.87. The molecule has 0 bridgehead atoms. The van der Waals surface area contributed by atoms with E-state index in [1.54, 1.807) is 64.1 Å². The normalized spacial score (nSPS) is 15.1.